The maximum atomic E-state index is 6.33. The second-order valence-electron chi connectivity index (χ2n) is 4.55. The first-order valence-corrected chi connectivity index (χ1v) is 8.10. The molecule has 3 rings (SSSR count). The predicted octanol–water partition coefficient (Wildman–Crippen LogP) is 4.97. The third-order valence-corrected chi connectivity index (χ3v) is 4.63. The average Bonchev–Trinajstić information content (AvgIpc) is 2.92. The molecule has 0 aliphatic rings. The fourth-order valence-electron chi connectivity index (χ4n) is 2.16. The number of benzene rings is 1. The molecule has 0 bridgehead atoms. The second kappa shape index (κ2) is 6.00. The van der Waals surface area contributed by atoms with E-state index in [4.69, 9.17) is 16.3 Å². The maximum Gasteiger partial charge on any atom is 0.166 e. The summed E-state index contributed by atoms with van der Waals surface area (Å²) in [5.74, 6) is 1.39. The summed E-state index contributed by atoms with van der Waals surface area (Å²) < 4.78 is 5.65. The van der Waals surface area contributed by atoms with Gasteiger partial charge in [-0.1, -0.05) is 30.7 Å². The van der Waals surface area contributed by atoms with E-state index in [-0.39, 0.29) is 0 Å². The third-order valence-electron chi connectivity index (χ3n) is 3.17. The first-order valence-electron chi connectivity index (χ1n) is 6.91. The largest absolute Gasteiger partial charge is 0.493 e. The van der Waals surface area contributed by atoms with Gasteiger partial charge < -0.3 is 4.74 Å². The third kappa shape index (κ3) is 2.74. The molecular weight excluding hydrogens is 304 g/mol. The Morgan fingerprint density at radius 2 is 2.00 bits per heavy atom. The molecule has 2 heterocycles. The minimum Gasteiger partial charge on any atom is -0.493 e. The summed E-state index contributed by atoms with van der Waals surface area (Å²) in [5, 5.41) is 1.42. The Morgan fingerprint density at radius 1 is 1.19 bits per heavy atom. The lowest BCUT2D eigenvalue weighted by molar-refractivity contribution is 0.341. The van der Waals surface area contributed by atoms with E-state index in [1.54, 1.807) is 11.3 Å². The molecule has 0 amide bonds. The summed E-state index contributed by atoms with van der Waals surface area (Å²) in [4.78, 5) is 11.3. The molecule has 0 spiro atoms. The summed E-state index contributed by atoms with van der Waals surface area (Å²) in [7, 11) is 0. The van der Waals surface area contributed by atoms with E-state index < -0.39 is 0 Å². The summed E-state index contributed by atoms with van der Waals surface area (Å²) in [6.07, 6.45) is 0.974. The number of aromatic nitrogens is 2. The number of hydrogen-bond donors (Lipinski definition) is 0. The molecule has 2 aromatic heterocycles. The molecule has 5 heteroatoms. The Labute approximate surface area is 132 Å². The van der Waals surface area contributed by atoms with Crippen molar-refractivity contribution >= 4 is 33.2 Å². The van der Waals surface area contributed by atoms with E-state index >= 15 is 0 Å². The molecule has 3 aromatic rings. The zero-order valence-electron chi connectivity index (χ0n) is 11.9. The Bertz CT molecular complexity index is 785. The molecule has 0 aliphatic carbocycles. The van der Waals surface area contributed by atoms with Crippen LogP contribution in [0.3, 0.4) is 0 Å². The first kappa shape index (κ1) is 14.3. The molecule has 0 radical (unpaired) electrons. The summed E-state index contributed by atoms with van der Waals surface area (Å²) in [5.41, 5.74) is 0.870. The second-order valence-corrected chi connectivity index (χ2v) is 6.03. The SMILES string of the molecule is CCOc1ccccc1-c1nc(Cl)c2cc(CC)sc2n1. The van der Waals surface area contributed by atoms with Crippen LogP contribution in [0.5, 0.6) is 5.75 Å². The fourth-order valence-corrected chi connectivity index (χ4v) is 3.41. The van der Waals surface area contributed by atoms with Crippen molar-refractivity contribution in [3.8, 4) is 17.1 Å². The van der Waals surface area contributed by atoms with Crippen LogP contribution in [0.15, 0.2) is 30.3 Å². The van der Waals surface area contributed by atoms with Crippen molar-refractivity contribution in [2.45, 2.75) is 20.3 Å². The molecule has 0 N–H and O–H groups in total. The predicted molar refractivity (Wildman–Crippen MR) is 88.4 cm³/mol. The number of nitrogens with zero attached hydrogens (tertiary/aromatic N) is 2. The number of rotatable bonds is 4. The normalized spacial score (nSPS) is 11.0. The van der Waals surface area contributed by atoms with Crippen LogP contribution in [0.1, 0.15) is 18.7 Å². The van der Waals surface area contributed by atoms with E-state index in [1.165, 1.54) is 4.88 Å². The number of ether oxygens (including phenoxy) is 1. The quantitative estimate of drug-likeness (QED) is 0.637. The van der Waals surface area contributed by atoms with Gasteiger partial charge in [0.2, 0.25) is 0 Å². The molecule has 0 unspecified atom stereocenters. The van der Waals surface area contributed by atoms with Gasteiger partial charge in [-0.3, -0.25) is 0 Å². The first-order chi connectivity index (χ1) is 10.2. The van der Waals surface area contributed by atoms with Gasteiger partial charge in [-0.2, -0.15) is 0 Å². The number of para-hydroxylation sites is 1. The Kier molecular flexibility index (Phi) is 4.08. The fraction of sp³-hybridized carbons (Fsp3) is 0.250. The highest BCUT2D eigenvalue weighted by atomic mass is 35.5. The van der Waals surface area contributed by atoms with Crippen LogP contribution < -0.4 is 4.74 Å². The topological polar surface area (TPSA) is 35.0 Å². The van der Waals surface area contributed by atoms with Crippen molar-refractivity contribution in [1.29, 1.82) is 0 Å². The number of fused-ring (bicyclic) bond motifs is 1. The van der Waals surface area contributed by atoms with Gasteiger partial charge >= 0.3 is 0 Å². The molecule has 108 valence electrons. The molecule has 0 fully saturated rings. The Hall–Kier alpha value is -1.65. The zero-order chi connectivity index (χ0) is 14.8. The number of thiophene rings is 1. The van der Waals surface area contributed by atoms with Crippen molar-refractivity contribution in [2.75, 3.05) is 6.61 Å². The molecule has 0 saturated heterocycles. The molecule has 0 aliphatic heterocycles. The van der Waals surface area contributed by atoms with E-state index in [1.807, 2.05) is 31.2 Å². The number of hydrogen-bond acceptors (Lipinski definition) is 4. The zero-order valence-corrected chi connectivity index (χ0v) is 13.5. The van der Waals surface area contributed by atoms with Crippen molar-refractivity contribution in [1.82, 2.24) is 9.97 Å². The highest BCUT2D eigenvalue weighted by Gasteiger charge is 2.14. The van der Waals surface area contributed by atoms with Gasteiger partial charge in [0, 0.05) is 10.3 Å². The monoisotopic (exact) mass is 318 g/mol. The van der Waals surface area contributed by atoms with Gasteiger partial charge in [-0.05, 0) is 31.5 Å². The summed E-state index contributed by atoms with van der Waals surface area (Å²) in [6.45, 7) is 4.68. The van der Waals surface area contributed by atoms with Crippen molar-refractivity contribution < 1.29 is 4.74 Å². The van der Waals surface area contributed by atoms with E-state index in [0.29, 0.717) is 17.6 Å². The standard InChI is InChI=1S/C16H15ClN2OS/c1-3-10-9-12-14(17)18-15(19-16(12)21-10)11-7-5-6-8-13(11)20-4-2/h5-9H,3-4H2,1-2H3. The van der Waals surface area contributed by atoms with Gasteiger partial charge in [0.25, 0.3) is 0 Å². The number of aryl methyl sites for hydroxylation is 1. The van der Waals surface area contributed by atoms with Gasteiger partial charge in [0.05, 0.1) is 12.2 Å². The van der Waals surface area contributed by atoms with E-state index in [2.05, 4.69) is 23.0 Å². The van der Waals surface area contributed by atoms with Gasteiger partial charge in [-0.15, -0.1) is 11.3 Å². The van der Waals surface area contributed by atoms with Crippen molar-refractivity contribution in [2.24, 2.45) is 0 Å². The molecule has 3 nitrogen and oxygen atoms in total. The summed E-state index contributed by atoms with van der Waals surface area (Å²) >= 11 is 7.99. The summed E-state index contributed by atoms with van der Waals surface area (Å²) in [6, 6.07) is 9.84. The average molecular weight is 319 g/mol. The van der Waals surface area contributed by atoms with E-state index in [9.17, 15) is 0 Å². The van der Waals surface area contributed by atoms with Gasteiger partial charge in [0.15, 0.2) is 5.82 Å². The molecule has 21 heavy (non-hydrogen) atoms. The minimum absolute atomic E-state index is 0.497. The van der Waals surface area contributed by atoms with E-state index in [0.717, 1.165) is 28.0 Å². The smallest absolute Gasteiger partial charge is 0.166 e. The van der Waals surface area contributed by atoms with Crippen LogP contribution in [0.2, 0.25) is 5.15 Å². The van der Waals surface area contributed by atoms with Gasteiger partial charge in [-0.25, -0.2) is 9.97 Å². The Balaban J connectivity index is 2.16. The van der Waals surface area contributed by atoms with Crippen LogP contribution >= 0.6 is 22.9 Å². The Morgan fingerprint density at radius 3 is 2.76 bits per heavy atom. The highest BCUT2D eigenvalue weighted by molar-refractivity contribution is 7.18. The van der Waals surface area contributed by atoms with Crippen molar-refractivity contribution in [3.63, 3.8) is 0 Å². The molecular formula is C16H15ClN2OS. The highest BCUT2D eigenvalue weighted by Crippen LogP contribution is 2.34. The number of halogens is 1. The van der Waals surface area contributed by atoms with Crippen LogP contribution in [0, 0.1) is 0 Å². The lowest BCUT2D eigenvalue weighted by Crippen LogP contribution is -1.96. The molecule has 1 aromatic carbocycles. The van der Waals surface area contributed by atoms with Gasteiger partial charge in [0.1, 0.15) is 15.7 Å². The molecule has 0 saturated carbocycles. The minimum atomic E-state index is 0.497. The van der Waals surface area contributed by atoms with Crippen LogP contribution in [0.25, 0.3) is 21.6 Å². The van der Waals surface area contributed by atoms with Crippen LogP contribution in [0.4, 0.5) is 0 Å². The van der Waals surface area contributed by atoms with Crippen LogP contribution in [-0.2, 0) is 6.42 Å². The molecule has 0 atom stereocenters. The lowest BCUT2D eigenvalue weighted by Gasteiger charge is -2.09. The maximum absolute atomic E-state index is 6.33. The van der Waals surface area contributed by atoms with Crippen LogP contribution in [-0.4, -0.2) is 16.6 Å². The lowest BCUT2D eigenvalue weighted by atomic mass is 10.2. The van der Waals surface area contributed by atoms with Crippen molar-refractivity contribution in [3.05, 3.63) is 40.4 Å².